The van der Waals surface area contributed by atoms with Crippen molar-refractivity contribution >= 4 is 11.9 Å². The van der Waals surface area contributed by atoms with E-state index in [1.54, 1.807) is 0 Å². The van der Waals surface area contributed by atoms with Crippen LogP contribution in [0.5, 0.6) is 0 Å². The van der Waals surface area contributed by atoms with E-state index in [1.807, 2.05) is 12.2 Å². The smallest absolute Gasteiger partial charge is 0.306 e. The van der Waals surface area contributed by atoms with E-state index in [1.165, 1.54) is 57.8 Å². The topological polar surface area (TPSA) is 95.9 Å². The lowest BCUT2D eigenvalue weighted by molar-refractivity contribution is -0.150. The second kappa shape index (κ2) is 46.8. The molecule has 0 aromatic heterocycles. The summed E-state index contributed by atoms with van der Waals surface area (Å²) in [6.07, 6.45) is 61.9. The maximum Gasteiger partial charge on any atom is 0.306 e. The number of esters is 1. The van der Waals surface area contributed by atoms with Crippen LogP contribution in [0.1, 0.15) is 207 Å². The molecule has 3 unspecified atom stereocenters. The Balaban J connectivity index is 4.80. The monoisotopic (exact) mass is 834 g/mol. The SMILES string of the molecule is CC/C=C\C/C=C\C/C=C\C/C=C\C/C=C\CC(CC(=O)NC(CO)C(O)CCCCCCCCCCCCCC)OC(=O)CCCCCC/C=C/C/C=C/C/C=C/CC. The average Bonchev–Trinajstić information content (AvgIpc) is 3.24. The highest BCUT2D eigenvalue weighted by atomic mass is 16.5. The Hall–Kier alpha value is -3.22. The van der Waals surface area contributed by atoms with Gasteiger partial charge in [0.05, 0.1) is 25.2 Å². The summed E-state index contributed by atoms with van der Waals surface area (Å²) in [7, 11) is 0. The third kappa shape index (κ3) is 41.5. The van der Waals surface area contributed by atoms with Gasteiger partial charge in [0.15, 0.2) is 0 Å². The zero-order valence-electron chi connectivity index (χ0n) is 38.8. The van der Waals surface area contributed by atoms with Crippen LogP contribution in [0, 0.1) is 0 Å². The van der Waals surface area contributed by atoms with Gasteiger partial charge in [0.2, 0.25) is 5.91 Å². The third-order valence-electron chi connectivity index (χ3n) is 10.4. The molecule has 0 radical (unpaired) electrons. The zero-order chi connectivity index (χ0) is 43.8. The molecule has 0 aromatic rings. The van der Waals surface area contributed by atoms with Crippen molar-refractivity contribution in [1.82, 2.24) is 5.32 Å². The molecule has 342 valence electrons. The fourth-order valence-corrected chi connectivity index (χ4v) is 6.76. The van der Waals surface area contributed by atoms with Crippen LogP contribution in [-0.4, -0.2) is 46.9 Å². The number of hydrogen-bond donors (Lipinski definition) is 3. The average molecular weight is 834 g/mol. The zero-order valence-corrected chi connectivity index (χ0v) is 38.8. The van der Waals surface area contributed by atoms with E-state index >= 15 is 0 Å². The normalized spacial score (nSPS) is 14.2. The van der Waals surface area contributed by atoms with Crippen LogP contribution in [0.15, 0.2) is 97.2 Å². The molecule has 6 nitrogen and oxygen atoms in total. The van der Waals surface area contributed by atoms with E-state index in [4.69, 9.17) is 4.74 Å². The molecule has 0 spiro atoms. The van der Waals surface area contributed by atoms with E-state index in [9.17, 15) is 19.8 Å². The molecule has 60 heavy (non-hydrogen) atoms. The molecule has 0 heterocycles. The number of amides is 1. The first-order valence-electron chi connectivity index (χ1n) is 24.5. The summed E-state index contributed by atoms with van der Waals surface area (Å²) in [5.74, 6) is -0.615. The van der Waals surface area contributed by atoms with Gasteiger partial charge in [-0.2, -0.15) is 0 Å². The lowest BCUT2D eigenvalue weighted by atomic mass is 10.0. The molecule has 0 aromatic carbocycles. The number of aliphatic hydroxyl groups is 2. The molecule has 0 saturated heterocycles. The number of rotatable bonds is 42. The van der Waals surface area contributed by atoms with Crippen molar-refractivity contribution in [3.05, 3.63) is 97.2 Å². The van der Waals surface area contributed by atoms with Gasteiger partial charge in [-0.05, 0) is 77.0 Å². The molecular weight excluding hydrogens is 743 g/mol. The Bertz CT molecular complexity index is 1210. The molecule has 1 amide bonds. The van der Waals surface area contributed by atoms with E-state index < -0.39 is 18.2 Å². The molecule has 3 atom stereocenters. The Morgan fingerprint density at radius 2 is 0.933 bits per heavy atom. The number of carbonyl (C=O) groups excluding carboxylic acids is 2. The van der Waals surface area contributed by atoms with Gasteiger partial charge < -0.3 is 20.3 Å². The van der Waals surface area contributed by atoms with Crippen LogP contribution in [-0.2, 0) is 14.3 Å². The van der Waals surface area contributed by atoms with Crippen LogP contribution in [0.4, 0.5) is 0 Å². The number of ether oxygens (including phenoxy) is 1. The van der Waals surface area contributed by atoms with E-state index in [-0.39, 0.29) is 24.9 Å². The Morgan fingerprint density at radius 1 is 0.517 bits per heavy atom. The lowest BCUT2D eigenvalue weighted by Crippen LogP contribution is -2.46. The first-order chi connectivity index (χ1) is 29.5. The predicted molar refractivity (Wildman–Crippen MR) is 259 cm³/mol. The standard InChI is InChI=1S/C54H91NO5/c1-4-7-10-13-16-19-22-25-27-28-30-33-36-39-42-45-50(60-54(59)47-44-41-38-35-32-29-26-23-20-17-14-11-8-5-2)48-53(58)55-51(49-56)52(57)46-43-40-37-34-31-24-21-18-15-12-9-6-3/h7-8,10-11,16-17,19-20,25-27,29-30,33,39,42,50-52,56-57H,4-6,9,12-15,18,21-24,28,31-32,34-38,40-41,43-49H2,1-3H3,(H,55,58)/b10-7-,11-8+,19-16-,20-17+,27-25-,29-26+,33-30-,42-39-. The number of nitrogens with one attached hydrogen (secondary N) is 1. The van der Waals surface area contributed by atoms with Crippen molar-refractivity contribution in [2.24, 2.45) is 0 Å². The second-order valence-corrected chi connectivity index (χ2v) is 16.1. The summed E-state index contributed by atoms with van der Waals surface area (Å²) >= 11 is 0. The number of carbonyl (C=O) groups is 2. The first kappa shape index (κ1) is 56.8. The summed E-state index contributed by atoms with van der Waals surface area (Å²) < 4.78 is 5.84. The van der Waals surface area contributed by atoms with Gasteiger partial charge in [-0.1, -0.05) is 208 Å². The van der Waals surface area contributed by atoms with Gasteiger partial charge in [0.25, 0.3) is 0 Å². The highest BCUT2D eigenvalue weighted by Crippen LogP contribution is 2.15. The third-order valence-corrected chi connectivity index (χ3v) is 10.4. The predicted octanol–water partition coefficient (Wildman–Crippen LogP) is 14.6. The summed E-state index contributed by atoms with van der Waals surface area (Å²) in [5.41, 5.74) is 0. The van der Waals surface area contributed by atoms with Crippen molar-refractivity contribution in [1.29, 1.82) is 0 Å². The highest BCUT2D eigenvalue weighted by Gasteiger charge is 2.23. The van der Waals surface area contributed by atoms with E-state index in [2.05, 4.69) is 111 Å². The maximum absolute atomic E-state index is 13.2. The molecule has 0 saturated carbocycles. The molecule has 3 N–H and O–H groups in total. The van der Waals surface area contributed by atoms with Gasteiger partial charge in [0.1, 0.15) is 6.10 Å². The lowest BCUT2D eigenvalue weighted by Gasteiger charge is -2.24. The summed E-state index contributed by atoms with van der Waals surface area (Å²) in [6.45, 7) is 6.20. The number of aliphatic hydroxyl groups excluding tert-OH is 2. The molecule has 0 aliphatic heterocycles. The van der Waals surface area contributed by atoms with Crippen molar-refractivity contribution < 1.29 is 24.5 Å². The number of hydrogen-bond acceptors (Lipinski definition) is 5. The highest BCUT2D eigenvalue weighted by molar-refractivity contribution is 5.77. The quantitative estimate of drug-likeness (QED) is 0.0323. The van der Waals surface area contributed by atoms with Gasteiger partial charge >= 0.3 is 5.97 Å². The fraction of sp³-hybridized carbons (Fsp3) is 0.667. The van der Waals surface area contributed by atoms with Gasteiger partial charge in [-0.3, -0.25) is 9.59 Å². The molecule has 0 rings (SSSR count). The van der Waals surface area contributed by atoms with Crippen LogP contribution in [0.2, 0.25) is 0 Å². The molecule has 0 fully saturated rings. The van der Waals surface area contributed by atoms with Crippen molar-refractivity contribution in [3.8, 4) is 0 Å². The first-order valence-corrected chi connectivity index (χ1v) is 24.5. The van der Waals surface area contributed by atoms with E-state index in [0.717, 1.165) is 103 Å². The van der Waals surface area contributed by atoms with Crippen LogP contribution >= 0.6 is 0 Å². The minimum atomic E-state index is -0.820. The minimum Gasteiger partial charge on any atom is -0.461 e. The molecule has 0 bridgehead atoms. The molecule has 0 aliphatic rings. The second-order valence-electron chi connectivity index (χ2n) is 16.1. The number of unbranched alkanes of at least 4 members (excludes halogenated alkanes) is 15. The van der Waals surface area contributed by atoms with E-state index in [0.29, 0.717) is 19.3 Å². The molecule has 6 heteroatoms. The summed E-state index contributed by atoms with van der Waals surface area (Å²) in [4.78, 5) is 26.0. The van der Waals surface area contributed by atoms with Gasteiger partial charge in [-0.15, -0.1) is 0 Å². The Kier molecular flexibility index (Phi) is 44.3. The maximum atomic E-state index is 13.2. The summed E-state index contributed by atoms with van der Waals surface area (Å²) in [6, 6.07) is -0.741. The van der Waals surface area contributed by atoms with Crippen molar-refractivity contribution in [3.63, 3.8) is 0 Å². The molecular formula is C54H91NO5. The Labute approximate surface area is 369 Å². The fourth-order valence-electron chi connectivity index (χ4n) is 6.76. The minimum absolute atomic E-state index is 0.0150. The Morgan fingerprint density at radius 3 is 1.42 bits per heavy atom. The largest absolute Gasteiger partial charge is 0.461 e. The number of allylic oxidation sites excluding steroid dienone is 15. The van der Waals surface area contributed by atoms with Gasteiger partial charge in [0, 0.05) is 12.8 Å². The van der Waals surface area contributed by atoms with Crippen LogP contribution in [0.25, 0.3) is 0 Å². The molecule has 0 aliphatic carbocycles. The van der Waals surface area contributed by atoms with Crippen LogP contribution in [0.3, 0.4) is 0 Å². The van der Waals surface area contributed by atoms with Gasteiger partial charge in [-0.25, -0.2) is 0 Å². The van der Waals surface area contributed by atoms with Crippen LogP contribution < -0.4 is 5.32 Å². The summed E-state index contributed by atoms with van der Waals surface area (Å²) in [5, 5.41) is 23.7. The van der Waals surface area contributed by atoms with Crippen molar-refractivity contribution in [2.75, 3.05) is 6.61 Å². The van der Waals surface area contributed by atoms with Crippen molar-refractivity contribution in [2.45, 2.75) is 225 Å².